The number of anilines is 1. The van der Waals surface area contributed by atoms with Crippen LogP contribution >= 0.6 is 11.8 Å². The van der Waals surface area contributed by atoms with E-state index in [1.165, 1.54) is 12.1 Å². The van der Waals surface area contributed by atoms with Crippen molar-refractivity contribution in [2.45, 2.75) is 6.18 Å². The molecule has 0 spiro atoms. The van der Waals surface area contributed by atoms with E-state index in [1.54, 1.807) is 24.3 Å². The topological polar surface area (TPSA) is 84.8 Å². The van der Waals surface area contributed by atoms with Crippen LogP contribution in [0.15, 0.2) is 53.5 Å². The third kappa shape index (κ3) is 4.70. The number of halogens is 3. The number of para-hydroxylation sites is 1. The molecule has 10 heteroatoms. The molecule has 0 aromatic heterocycles. The van der Waals surface area contributed by atoms with E-state index < -0.39 is 35.3 Å². The quantitative estimate of drug-likeness (QED) is 0.576. The van der Waals surface area contributed by atoms with E-state index in [4.69, 9.17) is 4.74 Å². The second-order valence-corrected chi connectivity index (χ2v) is 7.20. The van der Waals surface area contributed by atoms with E-state index in [0.717, 1.165) is 31.0 Å². The summed E-state index contributed by atoms with van der Waals surface area (Å²) in [6, 6.07) is 10.7. The molecule has 156 valence electrons. The van der Waals surface area contributed by atoms with Crippen LogP contribution in [0.1, 0.15) is 15.9 Å². The van der Waals surface area contributed by atoms with Crippen molar-refractivity contribution < 1.29 is 32.3 Å². The minimum absolute atomic E-state index is 0.0213. The molecule has 3 rings (SSSR count). The van der Waals surface area contributed by atoms with Crippen LogP contribution < -0.4 is 5.32 Å². The minimum atomic E-state index is -4.53. The first kappa shape index (κ1) is 21.6. The van der Waals surface area contributed by atoms with Gasteiger partial charge in [-0.1, -0.05) is 30.0 Å². The van der Waals surface area contributed by atoms with Gasteiger partial charge >= 0.3 is 12.1 Å². The number of esters is 1. The summed E-state index contributed by atoms with van der Waals surface area (Å²) in [4.78, 5) is 41.3. The Morgan fingerprint density at radius 3 is 2.60 bits per heavy atom. The van der Waals surface area contributed by atoms with Gasteiger partial charge in [0, 0.05) is 11.3 Å². The van der Waals surface area contributed by atoms with Gasteiger partial charge in [0.25, 0.3) is 0 Å². The third-order valence-corrected chi connectivity index (χ3v) is 5.20. The lowest BCUT2D eigenvalue weighted by Crippen LogP contribution is -2.34. The second kappa shape index (κ2) is 8.70. The Bertz CT molecular complexity index is 1040. The molecule has 0 fully saturated rings. The van der Waals surface area contributed by atoms with Gasteiger partial charge in [0.2, 0.25) is 5.91 Å². The number of amides is 1. The number of nitrogens with one attached hydrogen (secondary N) is 1. The van der Waals surface area contributed by atoms with Crippen LogP contribution in [0, 0.1) is 5.92 Å². The summed E-state index contributed by atoms with van der Waals surface area (Å²) in [6.45, 7) is 0. The maximum atomic E-state index is 12.8. The first-order valence-electron chi connectivity index (χ1n) is 8.60. The predicted molar refractivity (Wildman–Crippen MR) is 106 cm³/mol. The van der Waals surface area contributed by atoms with Gasteiger partial charge in [0.05, 0.1) is 29.2 Å². The van der Waals surface area contributed by atoms with E-state index in [1.807, 2.05) is 0 Å². The van der Waals surface area contributed by atoms with Gasteiger partial charge in [-0.3, -0.25) is 14.4 Å². The minimum Gasteiger partial charge on any atom is -0.468 e. The summed E-state index contributed by atoms with van der Waals surface area (Å²) < 4.78 is 43.1. The van der Waals surface area contributed by atoms with Crippen LogP contribution in [-0.2, 0) is 20.5 Å². The van der Waals surface area contributed by atoms with Crippen molar-refractivity contribution in [3.05, 3.63) is 59.7 Å². The van der Waals surface area contributed by atoms with E-state index in [-0.39, 0.29) is 22.0 Å². The molecular weight excluding hydrogens is 421 g/mol. The number of alkyl halides is 3. The van der Waals surface area contributed by atoms with E-state index >= 15 is 0 Å². The smallest absolute Gasteiger partial charge is 0.416 e. The van der Waals surface area contributed by atoms with Gasteiger partial charge in [-0.2, -0.15) is 13.2 Å². The van der Waals surface area contributed by atoms with Crippen molar-refractivity contribution in [3.8, 4) is 0 Å². The second-order valence-electron chi connectivity index (χ2n) is 6.20. The number of carbonyl (C=O) groups excluding carboxylic acids is 3. The largest absolute Gasteiger partial charge is 0.468 e. The highest BCUT2D eigenvalue weighted by Gasteiger charge is 2.38. The Hall–Kier alpha value is -3.14. The molecule has 2 aromatic carbocycles. The Morgan fingerprint density at radius 2 is 1.90 bits per heavy atom. The zero-order valence-electron chi connectivity index (χ0n) is 15.5. The molecule has 1 aliphatic heterocycles. The van der Waals surface area contributed by atoms with Gasteiger partial charge in [0.1, 0.15) is 0 Å². The number of Topliss-reactive ketones (excluding diaryl/α,β-unsaturated/α-hetero) is 1. The predicted octanol–water partition coefficient (Wildman–Crippen LogP) is 4.09. The first-order valence-corrected chi connectivity index (χ1v) is 9.59. The number of carbonyl (C=O) groups is 3. The summed E-state index contributed by atoms with van der Waals surface area (Å²) in [5.41, 5.74) is -0.279. The van der Waals surface area contributed by atoms with Crippen LogP contribution in [0.3, 0.4) is 0 Å². The van der Waals surface area contributed by atoms with Crippen molar-refractivity contribution in [1.82, 2.24) is 0 Å². The third-order valence-electron chi connectivity index (χ3n) is 4.17. The van der Waals surface area contributed by atoms with E-state index in [0.29, 0.717) is 5.69 Å². The summed E-state index contributed by atoms with van der Waals surface area (Å²) in [5, 5.41) is 2.45. The number of benzene rings is 2. The van der Waals surface area contributed by atoms with E-state index in [9.17, 15) is 27.6 Å². The molecule has 0 saturated heterocycles. The molecule has 0 radical (unpaired) electrons. The average molecular weight is 436 g/mol. The number of thioether (sulfide) groups is 1. The van der Waals surface area contributed by atoms with Crippen molar-refractivity contribution in [1.29, 1.82) is 0 Å². The van der Waals surface area contributed by atoms with Crippen LogP contribution in [0.2, 0.25) is 0 Å². The molecule has 30 heavy (non-hydrogen) atoms. The number of ether oxygens (including phenoxy) is 1. The highest BCUT2D eigenvalue weighted by molar-refractivity contribution is 8.14. The number of hydrogen-bond acceptors (Lipinski definition) is 6. The standard InChI is InChI=1S/C20H15F3N2O4S/c1-29-19(28)16-17(27)13-7-2-3-8-14(13)25-18(16)30-10-15(26)24-12-6-4-5-11(9-12)20(21,22)23/h2-9,16H,10H2,1H3,(H,24,26). The van der Waals surface area contributed by atoms with Gasteiger partial charge < -0.3 is 10.1 Å². The van der Waals surface area contributed by atoms with Gasteiger partial charge in [-0.05, 0) is 30.3 Å². The summed E-state index contributed by atoms with van der Waals surface area (Å²) >= 11 is 0.848. The molecule has 1 N–H and O–H groups in total. The summed E-state index contributed by atoms with van der Waals surface area (Å²) in [7, 11) is 1.14. The van der Waals surface area contributed by atoms with Crippen LogP contribution in [0.5, 0.6) is 0 Å². The Kier molecular flexibility index (Phi) is 6.25. The molecule has 0 saturated carbocycles. The molecule has 1 aliphatic rings. The van der Waals surface area contributed by atoms with E-state index in [2.05, 4.69) is 10.3 Å². The fourth-order valence-electron chi connectivity index (χ4n) is 2.78. The Morgan fingerprint density at radius 1 is 1.17 bits per heavy atom. The summed E-state index contributed by atoms with van der Waals surface area (Å²) in [6.07, 6.45) is -4.53. The van der Waals surface area contributed by atoms with Crippen LogP contribution in [0.4, 0.5) is 24.5 Å². The monoisotopic (exact) mass is 436 g/mol. The number of rotatable bonds is 4. The zero-order valence-corrected chi connectivity index (χ0v) is 16.3. The Labute approximate surface area is 173 Å². The lowest BCUT2D eigenvalue weighted by Gasteiger charge is -2.21. The normalized spacial score (nSPS) is 15.8. The fraction of sp³-hybridized carbons (Fsp3) is 0.200. The molecule has 0 aliphatic carbocycles. The first-order chi connectivity index (χ1) is 14.2. The highest BCUT2D eigenvalue weighted by Crippen LogP contribution is 2.33. The average Bonchev–Trinajstić information content (AvgIpc) is 2.71. The van der Waals surface area contributed by atoms with Crippen molar-refractivity contribution in [2.75, 3.05) is 18.2 Å². The zero-order chi connectivity index (χ0) is 21.9. The van der Waals surface area contributed by atoms with Gasteiger partial charge in [-0.25, -0.2) is 4.99 Å². The number of hydrogen-bond donors (Lipinski definition) is 1. The number of aliphatic imine (C=N–C) groups is 1. The van der Waals surface area contributed by atoms with Crippen LogP contribution in [0.25, 0.3) is 0 Å². The molecule has 6 nitrogen and oxygen atoms in total. The number of fused-ring (bicyclic) bond motifs is 1. The van der Waals surface area contributed by atoms with Crippen LogP contribution in [-0.4, -0.2) is 35.6 Å². The molecule has 0 bridgehead atoms. The lowest BCUT2D eigenvalue weighted by molar-refractivity contribution is -0.141. The maximum Gasteiger partial charge on any atom is 0.416 e. The van der Waals surface area contributed by atoms with Gasteiger partial charge in [0.15, 0.2) is 11.7 Å². The number of nitrogens with zero attached hydrogens (tertiary/aromatic N) is 1. The molecule has 2 aromatic rings. The van der Waals surface area contributed by atoms with Crippen molar-refractivity contribution in [2.24, 2.45) is 10.9 Å². The number of methoxy groups -OCH3 is 1. The number of ketones is 1. The highest BCUT2D eigenvalue weighted by atomic mass is 32.2. The van der Waals surface area contributed by atoms with Crippen molar-refractivity contribution >= 4 is 45.8 Å². The summed E-state index contributed by atoms with van der Waals surface area (Å²) in [5.74, 6) is -3.47. The molecule has 1 amide bonds. The SMILES string of the molecule is COC(=O)C1C(=O)c2ccccc2N=C1SCC(=O)Nc1cccc(C(F)(F)F)c1. The Balaban J connectivity index is 1.75. The molecule has 1 heterocycles. The molecular formula is C20H15F3N2O4S. The van der Waals surface area contributed by atoms with Gasteiger partial charge in [-0.15, -0.1) is 0 Å². The maximum absolute atomic E-state index is 12.8. The fourth-order valence-corrected chi connectivity index (χ4v) is 3.67. The molecule has 1 unspecified atom stereocenters. The van der Waals surface area contributed by atoms with Crippen molar-refractivity contribution in [3.63, 3.8) is 0 Å². The molecule has 1 atom stereocenters. The lowest BCUT2D eigenvalue weighted by atomic mass is 9.94.